The van der Waals surface area contributed by atoms with Crippen molar-refractivity contribution in [1.82, 2.24) is 5.32 Å². The SMILES string of the molecule is COc1cc(CCSC)ccc1OCC(O)CNC(C)CCc1ccccc1. The van der Waals surface area contributed by atoms with Gasteiger partial charge in [-0.25, -0.2) is 0 Å². The van der Waals surface area contributed by atoms with Crippen molar-refractivity contribution in [3.63, 3.8) is 0 Å². The van der Waals surface area contributed by atoms with Crippen molar-refractivity contribution in [2.75, 3.05) is 32.3 Å². The van der Waals surface area contributed by atoms with Crippen molar-refractivity contribution in [1.29, 1.82) is 0 Å². The van der Waals surface area contributed by atoms with Gasteiger partial charge in [0.1, 0.15) is 12.7 Å². The predicted octanol–water partition coefficient (Wildman–Crippen LogP) is 3.95. The Morgan fingerprint density at radius 3 is 2.54 bits per heavy atom. The topological polar surface area (TPSA) is 50.7 Å². The van der Waals surface area contributed by atoms with Gasteiger partial charge in [-0.05, 0) is 61.5 Å². The lowest BCUT2D eigenvalue weighted by atomic mass is 10.1. The Kier molecular flexibility index (Phi) is 10.3. The second-order valence-electron chi connectivity index (χ2n) is 7.03. The highest BCUT2D eigenvalue weighted by molar-refractivity contribution is 7.98. The molecular weight excluding hydrogens is 370 g/mol. The van der Waals surface area contributed by atoms with E-state index >= 15 is 0 Å². The van der Waals surface area contributed by atoms with Crippen LogP contribution in [0.5, 0.6) is 11.5 Å². The molecule has 0 radical (unpaired) electrons. The van der Waals surface area contributed by atoms with Gasteiger partial charge in [0.15, 0.2) is 11.5 Å². The predicted molar refractivity (Wildman–Crippen MR) is 119 cm³/mol. The number of aliphatic hydroxyl groups is 1. The smallest absolute Gasteiger partial charge is 0.161 e. The summed E-state index contributed by atoms with van der Waals surface area (Å²) < 4.78 is 11.2. The number of aliphatic hydroxyl groups excluding tert-OH is 1. The highest BCUT2D eigenvalue weighted by Crippen LogP contribution is 2.28. The molecule has 2 aromatic carbocycles. The van der Waals surface area contributed by atoms with Gasteiger partial charge in [-0.3, -0.25) is 0 Å². The average Bonchev–Trinajstić information content (AvgIpc) is 2.74. The molecule has 4 nitrogen and oxygen atoms in total. The lowest BCUT2D eigenvalue weighted by molar-refractivity contribution is 0.102. The molecule has 0 aromatic heterocycles. The van der Waals surface area contributed by atoms with Crippen molar-refractivity contribution >= 4 is 11.8 Å². The quantitative estimate of drug-likeness (QED) is 0.530. The molecule has 2 atom stereocenters. The Labute approximate surface area is 173 Å². The van der Waals surface area contributed by atoms with Crippen LogP contribution < -0.4 is 14.8 Å². The molecule has 28 heavy (non-hydrogen) atoms. The lowest BCUT2D eigenvalue weighted by Gasteiger charge is -2.18. The maximum absolute atomic E-state index is 10.2. The number of rotatable bonds is 13. The third kappa shape index (κ3) is 8.13. The fourth-order valence-corrected chi connectivity index (χ4v) is 3.36. The van der Waals surface area contributed by atoms with E-state index in [1.54, 1.807) is 7.11 Å². The minimum Gasteiger partial charge on any atom is -0.493 e. The molecule has 0 heterocycles. The summed E-state index contributed by atoms with van der Waals surface area (Å²) in [5.74, 6) is 2.47. The average molecular weight is 404 g/mol. The summed E-state index contributed by atoms with van der Waals surface area (Å²) in [5, 5.41) is 13.6. The maximum Gasteiger partial charge on any atom is 0.161 e. The number of hydrogen-bond acceptors (Lipinski definition) is 5. The standard InChI is InChI=1S/C23H33NO3S/c1-18(9-10-19-7-5-4-6-8-19)24-16-21(25)17-27-22-12-11-20(13-14-28-3)15-23(22)26-2/h4-8,11-12,15,18,21,24-25H,9-10,13-14,16-17H2,1-3H3. The minimum absolute atomic E-state index is 0.235. The van der Waals surface area contributed by atoms with Gasteiger partial charge in [-0.15, -0.1) is 0 Å². The molecule has 2 unspecified atom stereocenters. The zero-order valence-corrected chi connectivity index (χ0v) is 18.0. The number of hydrogen-bond donors (Lipinski definition) is 2. The summed E-state index contributed by atoms with van der Waals surface area (Å²) in [5.41, 5.74) is 2.57. The van der Waals surface area contributed by atoms with Crippen LogP contribution in [-0.4, -0.2) is 49.5 Å². The first-order valence-electron chi connectivity index (χ1n) is 9.86. The van der Waals surface area contributed by atoms with Crippen LogP contribution in [0.2, 0.25) is 0 Å². The molecular formula is C23H33NO3S. The van der Waals surface area contributed by atoms with Gasteiger partial charge in [0.2, 0.25) is 0 Å². The van der Waals surface area contributed by atoms with Crippen molar-refractivity contribution < 1.29 is 14.6 Å². The second kappa shape index (κ2) is 12.7. The van der Waals surface area contributed by atoms with E-state index in [2.05, 4.69) is 48.8 Å². The van der Waals surface area contributed by atoms with Gasteiger partial charge >= 0.3 is 0 Å². The number of methoxy groups -OCH3 is 1. The van der Waals surface area contributed by atoms with Crippen molar-refractivity contribution in [2.45, 2.75) is 38.3 Å². The third-order valence-electron chi connectivity index (χ3n) is 4.66. The first-order chi connectivity index (χ1) is 13.6. The molecule has 5 heteroatoms. The van der Waals surface area contributed by atoms with Crippen molar-refractivity contribution in [3.8, 4) is 11.5 Å². The summed E-state index contributed by atoms with van der Waals surface area (Å²) in [6, 6.07) is 16.8. The second-order valence-corrected chi connectivity index (χ2v) is 8.01. The zero-order chi connectivity index (χ0) is 20.2. The number of aryl methyl sites for hydroxylation is 2. The molecule has 154 valence electrons. The monoisotopic (exact) mass is 403 g/mol. The first kappa shape index (κ1) is 22.6. The molecule has 0 aliphatic carbocycles. The van der Waals surface area contributed by atoms with Gasteiger partial charge < -0.3 is 19.9 Å². The van der Waals surface area contributed by atoms with Crippen LogP contribution in [-0.2, 0) is 12.8 Å². The molecule has 0 spiro atoms. The minimum atomic E-state index is -0.569. The van der Waals surface area contributed by atoms with E-state index in [9.17, 15) is 5.11 Å². The molecule has 2 N–H and O–H groups in total. The van der Waals surface area contributed by atoms with Crippen LogP contribution in [0.3, 0.4) is 0 Å². The maximum atomic E-state index is 10.2. The normalized spacial score (nSPS) is 13.1. The largest absolute Gasteiger partial charge is 0.493 e. The zero-order valence-electron chi connectivity index (χ0n) is 17.2. The number of thioether (sulfide) groups is 1. The van der Waals surface area contributed by atoms with Crippen LogP contribution in [0.1, 0.15) is 24.5 Å². The molecule has 2 rings (SSSR count). The van der Waals surface area contributed by atoms with Crippen LogP contribution in [0.15, 0.2) is 48.5 Å². The summed E-state index contributed by atoms with van der Waals surface area (Å²) in [6.07, 6.45) is 4.60. The lowest BCUT2D eigenvalue weighted by Crippen LogP contribution is -2.36. The molecule has 0 saturated carbocycles. The van der Waals surface area contributed by atoms with E-state index in [0.29, 0.717) is 18.3 Å². The molecule has 0 amide bonds. The Morgan fingerprint density at radius 2 is 1.82 bits per heavy atom. The van der Waals surface area contributed by atoms with Crippen molar-refractivity contribution in [2.24, 2.45) is 0 Å². The van der Waals surface area contributed by atoms with Gasteiger partial charge in [-0.1, -0.05) is 36.4 Å². The fourth-order valence-electron chi connectivity index (χ4n) is 2.92. The van der Waals surface area contributed by atoms with Gasteiger partial charge in [0, 0.05) is 12.6 Å². The van der Waals surface area contributed by atoms with Gasteiger partial charge in [0.25, 0.3) is 0 Å². The number of benzene rings is 2. The summed E-state index contributed by atoms with van der Waals surface area (Å²) in [4.78, 5) is 0. The highest BCUT2D eigenvalue weighted by Gasteiger charge is 2.11. The van der Waals surface area contributed by atoms with E-state index in [-0.39, 0.29) is 6.61 Å². The number of nitrogens with one attached hydrogen (secondary N) is 1. The summed E-state index contributed by atoms with van der Waals surface area (Å²) in [6.45, 7) is 2.88. The van der Waals surface area contributed by atoms with E-state index < -0.39 is 6.10 Å². The molecule has 0 bridgehead atoms. The highest BCUT2D eigenvalue weighted by atomic mass is 32.2. The van der Waals surface area contributed by atoms with E-state index in [1.807, 2.05) is 30.0 Å². The van der Waals surface area contributed by atoms with Crippen LogP contribution >= 0.6 is 11.8 Å². The van der Waals surface area contributed by atoms with Crippen molar-refractivity contribution in [3.05, 3.63) is 59.7 Å². The third-order valence-corrected chi connectivity index (χ3v) is 5.28. The fraction of sp³-hybridized carbons (Fsp3) is 0.478. The summed E-state index contributed by atoms with van der Waals surface area (Å²) >= 11 is 1.83. The summed E-state index contributed by atoms with van der Waals surface area (Å²) in [7, 11) is 1.65. The molecule has 0 fully saturated rings. The molecule has 0 aliphatic heterocycles. The Hall–Kier alpha value is -1.69. The van der Waals surface area contributed by atoms with Crippen LogP contribution in [0.4, 0.5) is 0 Å². The van der Waals surface area contributed by atoms with E-state index in [4.69, 9.17) is 9.47 Å². The number of ether oxygens (including phenoxy) is 2. The van der Waals surface area contributed by atoms with Crippen LogP contribution in [0, 0.1) is 0 Å². The van der Waals surface area contributed by atoms with E-state index in [0.717, 1.165) is 30.8 Å². The Bertz CT molecular complexity index is 681. The molecule has 0 saturated heterocycles. The van der Waals surface area contributed by atoms with Gasteiger partial charge in [-0.2, -0.15) is 11.8 Å². The van der Waals surface area contributed by atoms with Gasteiger partial charge in [0.05, 0.1) is 7.11 Å². The molecule has 0 aliphatic rings. The van der Waals surface area contributed by atoms with E-state index in [1.165, 1.54) is 11.1 Å². The van der Waals surface area contributed by atoms with Crippen LogP contribution in [0.25, 0.3) is 0 Å². The molecule has 2 aromatic rings. The Balaban J connectivity index is 1.72. The Morgan fingerprint density at radius 1 is 1.04 bits per heavy atom. The first-order valence-corrected chi connectivity index (χ1v) is 11.3.